The van der Waals surface area contributed by atoms with E-state index in [9.17, 15) is 0 Å². The number of hydrogen-bond donors (Lipinski definition) is 1. The Morgan fingerprint density at radius 2 is 2.15 bits per heavy atom. The lowest BCUT2D eigenvalue weighted by molar-refractivity contribution is 0.411. The van der Waals surface area contributed by atoms with E-state index < -0.39 is 0 Å². The second-order valence-corrected chi connectivity index (χ2v) is 5.79. The van der Waals surface area contributed by atoms with Crippen LogP contribution in [0.25, 0.3) is 0 Å². The topological polar surface area (TPSA) is 21.3 Å². The van der Waals surface area contributed by atoms with Gasteiger partial charge in [-0.15, -0.1) is 0 Å². The zero-order valence-electron chi connectivity index (χ0n) is 12.5. The van der Waals surface area contributed by atoms with Gasteiger partial charge in [-0.2, -0.15) is 11.3 Å². The molecular formula is C17H23NOS. The lowest BCUT2D eigenvalue weighted by Gasteiger charge is -2.19. The number of nitrogens with one attached hydrogen (secondary N) is 1. The first kappa shape index (κ1) is 15.1. The Hall–Kier alpha value is -1.32. The van der Waals surface area contributed by atoms with Crippen molar-refractivity contribution in [3.05, 3.63) is 51.7 Å². The SMILES string of the molecule is CCNC(CCc1ccsc1)c1ccc(OC)c(C)c1. The molecule has 0 saturated carbocycles. The maximum atomic E-state index is 5.34. The number of hydrogen-bond acceptors (Lipinski definition) is 3. The fraction of sp³-hybridized carbons (Fsp3) is 0.412. The molecule has 2 nitrogen and oxygen atoms in total. The van der Waals surface area contributed by atoms with E-state index in [4.69, 9.17) is 4.74 Å². The predicted octanol–water partition coefficient (Wildman–Crippen LogP) is 4.35. The molecule has 0 saturated heterocycles. The fourth-order valence-corrected chi connectivity index (χ4v) is 3.20. The van der Waals surface area contributed by atoms with Crippen LogP contribution in [0, 0.1) is 6.92 Å². The molecule has 1 aromatic heterocycles. The molecule has 0 fully saturated rings. The molecular weight excluding hydrogens is 266 g/mol. The van der Waals surface area contributed by atoms with Crippen LogP contribution in [-0.4, -0.2) is 13.7 Å². The molecule has 3 heteroatoms. The van der Waals surface area contributed by atoms with Gasteiger partial charge in [0.25, 0.3) is 0 Å². The Labute approximate surface area is 125 Å². The van der Waals surface area contributed by atoms with E-state index in [1.54, 1.807) is 18.4 Å². The smallest absolute Gasteiger partial charge is 0.121 e. The minimum Gasteiger partial charge on any atom is -0.496 e. The molecule has 2 rings (SSSR count). The Morgan fingerprint density at radius 3 is 2.75 bits per heavy atom. The third-order valence-corrected chi connectivity index (χ3v) is 4.31. The molecule has 1 heterocycles. The second-order valence-electron chi connectivity index (χ2n) is 5.01. The average molecular weight is 289 g/mol. The van der Waals surface area contributed by atoms with E-state index >= 15 is 0 Å². The Balaban J connectivity index is 2.09. The quantitative estimate of drug-likeness (QED) is 0.818. The average Bonchev–Trinajstić information content (AvgIpc) is 2.96. The lowest BCUT2D eigenvalue weighted by Crippen LogP contribution is -2.21. The summed E-state index contributed by atoms with van der Waals surface area (Å²) < 4.78 is 5.34. The highest BCUT2D eigenvalue weighted by Crippen LogP contribution is 2.25. The number of thiophene rings is 1. The number of ether oxygens (including phenoxy) is 1. The van der Waals surface area contributed by atoms with Gasteiger partial charge in [0.1, 0.15) is 5.75 Å². The molecule has 0 spiro atoms. The highest BCUT2D eigenvalue weighted by Gasteiger charge is 2.12. The zero-order chi connectivity index (χ0) is 14.4. The molecule has 0 aliphatic rings. The number of aryl methyl sites for hydroxylation is 2. The van der Waals surface area contributed by atoms with Crippen molar-refractivity contribution in [1.29, 1.82) is 0 Å². The number of methoxy groups -OCH3 is 1. The summed E-state index contributed by atoms with van der Waals surface area (Å²) in [6, 6.07) is 9.10. The molecule has 1 aromatic carbocycles. The maximum absolute atomic E-state index is 5.34. The summed E-state index contributed by atoms with van der Waals surface area (Å²) in [6.07, 6.45) is 2.24. The van der Waals surface area contributed by atoms with Gasteiger partial charge in [-0.3, -0.25) is 0 Å². The third kappa shape index (κ3) is 3.84. The van der Waals surface area contributed by atoms with Gasteiger partial charge in [-0.25, -0.2) is 0 Å². The molecule has 1 N–H and O–H groups in total. The van der Waals surface area contributed by atoms with Crippen LogP contribution in [0.4, 0.5) is 0 Å². The summed E-state index contributed by atoms with van der Waals surface area (Å²) in [5, 5.41) is 7.97. The van der Waals surface area contributed by atoms with Crippen molar-refractivity contribution in [2.75, 3.05) is 13.7 Å². The Bertz CT molecular complexity index is 522. The van der Waals surface area contributed by atoms with Gasteiger partial charge in [-0.1, -0.05) is 19.1 Å². The van der Waals surface area contributed by atoms with Gasteiger partial charge in [0.15, 0.2) is 0 Å². The Morgan fingerprint density at radius 1 is 1.30 bits per heavy atom. The summed E-state index contributed by atoms with van der Waals surface area (Å²) in [6.45, 7) is 5.25. The van der Waals surface area contributed by atoms with Crippen LogP contribution in [-0.2, 0) is 6.42 Å². The molecule has 2 aromatic rings. The minimum absolute atomic E-state index is 0.407. The van der Waals surface area contributed by atoms with Crippen molar-refractivity contribution in [2.45, 2.75) is 32.7 Å². The minimum atomic E-state index is 0.407. The van der Waals surface area contributed by atoms with Crippen molar-refractivity contribution in [2.24, 2.45) is 0 Å². The van der Waals surface area contributed by atoms with Crippen LogP contribution < -0.4 is 10.1 Å². The number of rotatable bonds is 7. The van der Waals surface area contributed by atoms with Gasteiger partial charge >= 0.3 is 0 Å². The van der Waals surface area contributed by atoms with Gasteiger partial charge in [-0.05, 0) is 65.9 Å². The van der Waals surface area contributed by atoms with Crippen molar-refractivity contribution in [3.63, 3.8) is 0 Å². The van der Waals surface area contributed by atoms with E-state index in [0.717, 1.165) is 25.1 Å². The van der Waals surface area contributed by atoms with Gasteiger partial charge < -0.3 is 10.1 Å². The van der Waals surface area contributed by atoms with Crippen molar-refractivity contribution >= 4 is 11.3 Å². The van der Waals surface area contributed by atoms with E-state index in [1.165, 1.54) is 16.7 Å². The van der Waals surface area contributed by atoms with E-state index in [0.29, 0.717) is 6.04 Å². The van der Waals surface area contributed by atoms with Crippen LogP contribution in [0.1, 0.15) is 36.1 Å². The molecule has 1 unspecified atom stereocenters. The van der Waals surface area contributed by atoms with E-state index in [-0.39, 0.29) is 0 Å². The Kier molecular flexibility index (Phi) is 5.62. The molecule has 0 radical (unpaired) electrons. The highest BCUT2D eigenvalue weighted by molar-refractivity contribution is 7.07. The molecule has 0 aliphatic heterocycles. The molecule has 0 aliphatic carbocycles. The van der Waals surface area contributed by atoms with Gasteiger partial charge in [0.2, 0.25) is 0 Å². The normalized spacial score (nSPS) is 12.3. The van der Waals surface area contributed by atoms with Crippen molar-refractivity contribution in [1.82, 2.24) is 5.32 Å². The first-order valence-electron chi connectivity index (χ1n) is 7.13. The van der Waals surface area contributed by atoms with Gasteiger partial charge in [0, 0.05) is 6.04 Å². The zero-order valence-corrected chi connectivity index (χ0v) is 13.3. The summed E-state index contributed by atoms with van der Waals surface area (Å²) in [4.78, 5) is 0. The lowest BCUT2D eigenvalue weighted by atomic mass is 9.98. The highest BCUT2D eigenvalue weighted by atomic mass is 32.1. The van der Waals surface area contributed by atoms with Crippen LogP contribution in [0.2, 0.25) is 0 Å². The fourth-order valence-electron chi connectivity index (χ4n) is 2.50. The summed E-state index contributed by atoms with van der Waals surface area (Å²) in [5.41, 5.74) is 3.98. The monoisotopic (exact) mass is 289 g/mol. The van der Waals surface area contributed by atoms with E-state index in [1.807, 2.05) is 0 Å². The predicted molar refractivity (Wildman–Crippen MR) is 86.8 cm³/mol. The second kappa shape index (κ2) is 7.46. The molecule has 20 heavy (non-hydrogen) atoms. The summed E-state index contributed by atoms with van der Waals surface area (Å²) >= 11 is 1.77. The maximum Gasteiger partial charge on any atom is 0.121 e. The van der Waals surface area contributed by atoms with Crippen molar-refractivity contribution < 1.29 is 4.74 Å². The van der Waals surface area contributed by atoms with Crippen LogP contribution in [0.15, 0.2) is 35.0 Å². The third-order valence-electron chi connectivity index (χ3n) is 3.57. The molecule has 0 bridgehead atoms. The first-order valence-corrected chi connectivity index (χ1v) is 8.08. The number of benzene rings is 1. The molecule has 1 atom stereocenters. The van der Waals surface area contributed by atoms with E-state index in [2.05, 4.69) is 54.2 Å². The van der Waals surface area contributed by atoms with Crippen LogP contribution in [0.5, 0.6) is 5.75 Å². The van der Waals surface area contributed by atoms with Crippen LogP contribution in [0.3, 0.4) is 0 Å². The molecule has 108 valence electrons. The van der Waals surface area contributed by atoms with Gasteiger partial charge in [0.05, 0.1) is 7.11 Å². The van der Waals surface area contributed by atoms with Crippen molar-refractivity contribution in [3.8, 4) is 5.75 Å². The molecule has 0 amide bonds. The summed E-state index contributed by atoms with van der Waals surface area (Å²) in [7, 11) is 1.72. The van der Waals surface area contributed by atoms with Crippen LogP contribution >= 0.6 is 11.3 Å². The summed E-state index contributed by atoms with van der Waals surface area (Å²) in [5.74, 6) is 0.960. The largest absolute Gasteiger partial charge is 0.496 e. The first-order chi connectivity index (χ1) is 9.74. The standard InChI is InChI=1S/C17H23NOS/c1-4-18-16(7-5-14-9-10-20-12-14)15-6-8-17(19-3)13(2)11-15/h6,8-12,16,18H,4-5,7H2,1-3H3.